The highest BCUT2D eigenvalue weighted by Crippen LogP contribution is 2.29. The first kappa shape index (κ1) is 16.4. The van der Waals surface area contributed by atoms with Crippen molar-refractivity contribution in [1.29, 1.82) is 0 Å². The van der Waals surface area contributed by atoms with Crippen LogP contribution in [0.15, 0.2) is 18.2 Å². The summed E-state index contributed by atoms with van der Waals surface area (Å²) in [5.41, 5.74) is 9.26. The van der Waals surface area contributed by atoms with E-state index in [-0.39, 0.29) is 5.97 Å². The molecule has 1 unspecified atom stereocenters. The molecule has 5 heteroatoms. The van der Waals surface area contributed by atoms with Crippen LogP contribution in [0.4, 0.5) is 0 Å². The molecule has 0 radical (unpaired) electrons. The minimum atomic E-state index is -0.653. The van der Waals surface area contributed by atoms with Crippen LogP contribution in [0, 0.1) is 6.92 Å². The topological polar surface area (TPSA) is 66.5 Å². The summed E-state index contributed by atoms with van der Waals surface area (Å²) in [5.74, 6) is 0.464. The molecule has 0 bridgehead atoms. The van der Waals surface area contributed by atoms with E-state index < -0.39 is 6.04 Å². The average molecular weight is 304 g/mol. The minimum Gasteiger partial charge on any atom is -0.494 e. The van der Waals surface area contributed by atoms with E-state index in [1.54, 1.807) is 6.92 Å². The van der Waals surface area contributed by atoms with Gasteiger partial charge in [0.1, 0.15) is 11.8 Å². The van der Waals surface area contributed by atoms with E-state index in [1.165, 1.54) is 0 Å². The molecular weight excluding hydrogens is 280 g/mol. The lowest BCUT2D eigenvalue weighted by Gasteiger charge is -2.11. The van der Waals surface area contributed by atoms with Gasteiger partial charge in [-0.2, -0.15) is 0 Å². The molecule has 2 rings (SSSR count). The smallest absolute Gasteiger partial charge is 0.323 e. The summed E-state index contributed by atoms with van der Waals surface area (Å²) in [6, 6.07) is 5.35. The van der Waals surface area contributed by atoms with Gasteiger partial charge in [-0.15, -0.1) is 0 Å². The predicted molar refractivity (Wildman–Crippen MR) is 87.1 cm³/mol. The second-order valence-corrected chi connectivity index (χ2v) is 5.30. The third kappa shape index (κ3) is 3.09. The van der Waals surface area contributed by atoms with Crippen LogP contribution >= 0.6 is 0 Å². The highest BCUT2D eigenvalue weighted by molar-refractivity contribution is 5.88. The van der Waals surface area contributed by atoms with Crippen LogP contribution in [0.1, 0.15) is 25.1 Å². The van der Waals surface area contributed by atoms with Crippen molar-refractivity contribution in [1.82, 2.24) is 4.57 Å². The second-order valence-electron chi connectivity index (χ2n) is 5.30. The Bertz CT molecular complexity index is 676. The van der Waals surface area contributed by atoms with Gasteiger partial charge in [0.2, 0.25) is 0 Å². The molecule has 0 aliphatic heterocycles. The number of ether oxygens (including phenoxy) is 2. The summed E-state index contributed by atoms with van der Waals surface area (Å²) < 4.78 is 12.7. The van der Waals surface area contributed by atoms with Gasteiger partial charge in [0, 0.05) is 30.1 Å². The van der Waals surface area contributed by atoms with E-state index in [0.717, 1.165) is 27.9 Å². The van der Waals surface area contributed by atoms with Gasteiger partial charge >= 0.3 is 5.97 Å². The Labute approximate surface area is 131 Å². The van der Waals surface area contributed by atoms with Crippen LogP contribution in [-0.2, 0) is 23.0 Å². The van der Waals surface area contributed by atoms with Gasteiger partial charge in [-0.3, -0.25) is 4.79 Å². The fraction of sp³-hybridized carbons (Fsp3) is 0.471. The molecule has 0 saturated carbocycles. The number of fused-ring (bicyclic) bond motifs is 1. The fourth-order valence-corrected chi connectivity index (χ4v) is 2.69. The van der Waals surface area contributed by atoms with Gasteiger partial charge < -0.3 is 19.8 Å². The van der Waals surface area contributed by atoms with Crippen LogP contribution in [0.3, 0.4) is 0 Å². The number of carbonyl (C=O) groups is 1. The minimum absolute atomic E-state index is 0.343. The zero-order chi connectivity index (χ0) is 16.3. The Hall–Kier alpha value is -2.01. The maximum Gasteiger partial charge on any atom is 0.323 e. The molecule has 2 aromatic rings. The van der Waals surface area contributed by atoms with E-state index in [4.69, 9.17) is 15.2 Å². The highest BCUT2D eigenvalue weighted by Gasteiger charge is 2.20. The monoisotopic (exact) mass is 304 g/mol. The molecule has 22 heavy (non-hydrogen) atoms. The molecule has 0 aliphatic carbocycles. The number of aromatic nitrogens is 1. The zero-order valence-corrected chi connectivity index (χ0v) is 13.7. The summed E-state index contributed by atoms with van der Waals surface area (Å²) in [6.45, 7) is 6.73. The maximum absolute atomic E-state index is 11.8. The van der Waals surface area contributed by atoms with Crippen molar-refractivity contribution >= 4 is 16.9 Å². The molecule has 0 aliphatic rings. The Morgan fingerprint density at radius 3 is 2.68 bits per heavy atom. The third-order valence-corrected chi connectivity index (χ3v) is 3.92. The van der Waals surface area contributed by atoms with E-state index in [2.05, 4.69) is 4.57 Å². The zero-order valence-electron chi connectivity index (χ0n) is 13.7. The number of hydrogen-bond acceptors (Lipinski definition) is 4. The standard InChI is InChI=1S/C17H24N2O3/c1-5-21-12-7-8-16-14(9-12)13(11(3)19(16)4)10-15(18)17(20)22-6-2/h7-9,15H,5-6,10,18H2,1-4H3. The number of carbonyl (C=O) groups excluding carboxylic acids is 1. The van der Waals surface area contributed by atoms with Crippen molar-refractivity contribution in [2.24, 2.45) is 12.8 Å². The van der Waals surface area contributed by atoms with E-state index in [1.807, 2.05) is 39.1 Å². The van der Waals surface area contributed by atoms with Gasteiger partial charge in [0.15, 0.2) is 0 Å². The maximum atomic E-state index is 11.8. The average Bonchev–Trinajstić information content (AvgIpc) is 2.72. The first-order chi connectivity index (χ1) is 10.5. The van der Waals surface area contributed by atoms with Gasteiger partial charge in [0.05, 0.1) is 13.2 Å². The number of esters is 1. The van der Waals surface area contributed by atoms with Crippen molar-refractivity contribution in [2.45, 2.75) is 33.2 Å². The second kappa shape index (κ2) is 6.83. The van der Waals surface area contributed by atoms with Gasteiger partial charge in [-0.05, 0) is 44.5 Å². The van der Waals surface area contributed by atoms with Crippen molar-refractivity contribution in [3.8, 4) is 5.75 Å². The fourth-order valence-electron chi connectivity index (χ4n) is 2.69. The Morgan fingerprint density at radius 2 is 2.05 bits per heavy atom. The van der Waals surface area contributed by atoms with Gasteiger partial charge in [-0.1, -0.05) is 0 Å². The molecule has 1 heterocycles. The van der Waals surface area contributed by atoms with Crippen LogP contribution in [-0.4, -0.2) is 29.8 Å². The largest absolute Gasteiger partial charge is 0.494 e. The molecule has 0 fully saturated rings. The van der Waals surface area contributed by atoms with E-state index in [9.17, 15) is 4.79 Å². The summed E-state index contributed by atoms with van der Waals surface area (Å²) in [7, 11) is 2.01. The lowest BCUT2D eigenvalue weighted by atomic mass is 10.0. The molecule has 120 valence electrons. The number of nitrogens with two attached hydrogens (primary N) is 1. The third-order valence-electron chi connectivity index (χ3n) is 3.92. The van der Waals surface area contributed by atoms with E-state index in [0.29, 0.717) is 19.6 Å². The summed E-state index contributed by atoms with van der Waals surface area (Å²) in [6.07, 6.45) is 0.456. The Kier molecular flexibility index (Phi) is 5.08. The van der Waals surface area contributed by atoms with Crippen molar-refractivity contribution in [3.63, 3.8) is 0 Å². The number of rotatable bonds is 6. The number of nitrogens with zero attached hydrogens (tertiary/aromatic N) is 1. The van der Waals surface area contributed by atoms with Gasteiger partial charge in [-0.25, -0.2) is 0 Å². The lowest BCUT2D eigenvalue weighted by molar-refractivity contribution is -0.144. The van der Waals surface area contributed by atoms with Crippen molar-refractivity contribution < 1.29 is 14.3 Å². The molecule has 5 nitrogen and oxygen atoms in total. The molecule has 0 saturated heterocycles. The van der Waals surface area contributed by atoms with E-state index >= 15 is 0 Å². The van der Waals surface area contributed by atoms with Crippen LogP contribution < -0.4 is 10.5 Å². The molecule has 2 N–H and O–H groups in total. The quantitative estimate of drug-likeness (QED) is 0.832. The SMILES string of the molecule is CCOC(=O)C(N)Cc1c(C)n(C)c2ccc(OCC)cc12. The summed E-state index contributed by atoms with van der Waals surface area (Å²) in [5, 5.41) is 1.07. The van der Waals surface area contributed by atoms with Crippen molar-refractivity contribution in [3.05, 3.63) is 29.5 Å². The molecule has 1 aromatic carbocycles. The van der Waals surface area contributed by atoms with Gasteiger partial charge in [0.25, 0.3) is 0 Å². The summed E-state index contributed by atoms with van der Waals surface area (Å²) >= 11 is 0. The summed E-state index contributed by atoms with van der Waals surface area (Å²) in [4.78, 5) is 11.8. The van der Waals surface area contributed by atoms with Crippen LogP contribution in [0.2, 0.25) is 0 Å². The Morgan fingerprint density at radius 1 is 1.32 bits per heavy atom. The lowest BCUT2D eigenvalue weighted by Crippen LogP contribution is -2.34. The molecule has 0 amide bonds. The first-order valence-electron chi connectivity index (χ1n) is 7.62. The molecule has 0 spiro atoms. The molecular formula is C17H24N2O3. The highest BCUT2D eigenvalue weighted by atomic mass is 16.5. The molecule has 1 aromatic heterocycles. The molecule has 1 atom stereocenters. The number of hydrogen-bond donors (Lipinski definition) is 1. The number of aryl methyl sites for hydroxylation is 1. The van der Waals surface area contributed by atoms with Crippen LogP contribution in [0.25, 0.3) is 10.9 Å². The van der Waals surface area contributed by atoms with Crippen molar-refractivity contribution in [2.75, 3.05) is 13.2 Å². The number of benzene rings is 1. The first-order valence-corrected chi connectivity index (χ1v) is 7.62. The predicted octanol–water partition coefficient (Wildman–Crippen LogP) is 2.32. The van der Waals surface area contributed by atoms with Crippen LogP contribution in [0.5, 0.6) is 5.75 Å². The normalized spacial score (nSPS) is 12.4. The Balaban J connectivity index is 2.41.